The minimum Gasteiger partial charge on any atom is -0.480 e. The van der Waals surface area contributed by atoms with E-state index in [1.807, 2.05) is 43.3 Å². The van der Waals surface area contributed by atoms with Gasteiger partial charge in [0.05, 0.1) is 0 Å². The fourth-order valence-electron chi connectivity index (χ4n) is 2.25. The van der Waals surface area contributed by atoms with Crippen LogP contribution in [0, 0.1) is 0 Å². The maximum Gasteiger partial charge on any atom is 0.326 e. The van der Waals surface area contributed by atoms with Gasteiger partial charge in [-0.2, -0.15) is 0 Å². The lowest BCUT2D eigenvalue weighted by molar-refractivity contribution is -0.139. The number of carboxylic acid groups (broad SMARTS) is 1. The van der Waals surface area contributed by atoms with Crippen LogP contribution in [0.15, 0.2) is 42.0 Å². The zero-order valence-electron chi connectivity index (χ0n) is 12.1. The number of hydrogen-bond donors (Lipinski definition) is 2. The first-order valence-electron chi connectivity index (χ1n) is 7.04. The molecule has 0 spiro atoms. The van der Waals surface area contributed by atoms with Gasteiger partial charge in [0.2, 0.25) is 0 Å². The maximum atomic E-state index is 12.1. The van der Waals surface area contributed by atoms with Crippen molar-refractivity contribution in [2.75, 3.05) is 13.1 Å². The van der Waals surface area contributed by atoms with Gasteiger partial charge in [-0.1, -0.05) is 42.0 Å². The van der Waals surface area contributed by atoms with Crippen molar-refractivity contribution in [2.24, 2.45) is 0 Å². The number of benzene rings is 1. The van der Waals surface area contributed by atoms with E-state index in [4.69, 9.17) is 0 Å². The standard InChI is InChI=1S/C16H20N2O3/c1-12-7-9-18(10-8-12)16(21)17-14(15(19)20)11-13-5-3-2-4-6-13/h2-7,14H,8-11H2,1H3,(H,17,21)(H,19,20)/t14-/m0/s1. The SMILES string of the molecule is CC1=CCN(C(=O)N[C@@H](Cc2ccccc2)C(=O)O)CC1. The Kier molecular flexibility index (Phi) is 4.98. The molecule has 0 aliphatic carbocycles. The summed E-state index contributed by atoms with van der Waals surface area (Å²) in [5, 5.41) is 11.9. The van der Waals surface area contributed by atoms with Gasteiger partial charge in [-0.25, -0.2) is 9.59 Å². The van der Waals surface area contributed by atoms with E-state index in [9.17, 15) is 14.7 Å². The highest BCUT2D eigenvalue weighted by molar-refractivity contribution is 5.83. The third kappa shape index (κ3) is 4.34. The molecule has 0 saturated heterocycles. The number of carbonyl (C=O) groups is 2. The molecule has 2 N–H and O–H groups in total. The molecule has 1 heterocycles. The van der Waals surface area contributed by atoms with Crippen molar-refractivity contribution >= 4 is 12.0 Å². The normalized spacial score (nSPS) is 16.0. The molecule has 2 rings (SSSR count). The second-order valence-electron chi connectivity index (χ2n) is 5.28. The Balaban J connectivity index is 1.97. The third-order valence-corrected chi connectivity index (χ3v) is 3.60. The van der Waals surface area contributed by atoms with Crippen molar-refractivity contribution in [1.82, 2.24) is 10.2 Å². The van der Waals surface area contributed by atoms with E-state index >= 15 is 0 Å². The Morgan fingerprint density at radius 1 is 1.33 bits per heavy atom. The molecule has 5 heteroatoms. The van der Waals surface area contributed by atoms with Crippen molar-refractivity contribution in [2.45, 2.75) is 25.8 Å². The van der Waals surface area contributed by atoms with Crippen LogP contribution in [0.25, 0.3) is 0 Å². The first-order valence-corrected chi connectivity index (χ1v) is 7.04. The Hall–Kier alpha value is -2.30. The van der Waals surface area contributed by atoms with Gasteiger partial charge >= 0.3 is 12.0 Å². The van der Waals surface area contributed by atoms with Crippen molar-refractivity contribution < 1.29 is 14.7 Å². The molecule has 0 radical (unpaired) electrons. The summed E-state index contributed by atoms with van der Waals surface area (Å²) < 4.78 is 0. The summed E-state index contributed by atoms with van der Waals surface area (Å²) in [6.07, 6.45) is 3.12. The van der Waals surface area contributed by atoms with Crippen LogP contribution in [-0.2, 0) is 11.2 Å². The molecule has 1 atom stereocenters. The first-order chi connectivity index (χ1) is 10.1. The van der Waals surface area contributed by atoms with Crippen LogP contribution in [-0.4, -0.2) is 41.1 Å². The van der Waals surface area contributed by atoms with Crippen molar-refractivity contribution in [1.29, 1.82) is 0 Å². The number of carboxylic acids is 1. The predicted molar refractivity (Wildman–Crippen MR) is 80.0 cm³/mol. The topological polar surface area (TPSA) is 69.6 Å². The van der Waals surface area contributed by atoms with Crippen LogP contribution in [0.1, 0.15) is 18.9 Å². The Bertz CT molecular complexity index is 540. The second-order valence-corrected chi connectivity index (χ2v) is 5.28. The zero-order valence-corrected chi connectivity index (χ0v) is 12.1. The quantitative estimate of drug-likeness (QED) is 0.833. The summed E-state index contributed by atoms with van der Waals surface area (Å²) in [6.45, 7) is 3.20. The second kappa shape index (κ2) is 6.92. The van der Waals surface area contributed by atoms with Crippen LogP contribution in [0.3, 0.4) is 0 Å². The molecular weight excluding hydrogens is 268 g/mol. The monoisotopic (exact) mass is 288 g/mol. The van der Waals surface area contributed by atoms with Crippen LogP contribution < -0.4 is 5.32 Å². The van der Waals surface area contributed by atoms with Gasteiger partial charge in [-0.3, -0.25) is 0 Å². The highest BCUT2D eigenvalue weighted by Gasteiger charge is 2.24. The Labute approximate surface area is 124 Å². The summed E-state index contributed by atoms with van der Waals surface area (Å²) in [6, 6.07) is 8.07. The third-order valence-electron chi connectivity index (χ3n) is 3.60. The van der Waals surface area contributed by atoms with Gasteiger partial charge < -0.3 is 15.3 Å². The van der Waals surface area contributed by atoms with E-state index in [1.165, 1.54) is 5.57 Å². The van der Waals surface area contributed by atoms with E-state index in [1.54, 1.807) is 4.90 Å². The number of nitrogens with one attached hydrogen (secondary N) is 1. The molecule has 0 fully saturated rings. The number of rotatable bonds is 4. The van der Waals surface area contributed by atoms with Crippen LogP contribution >= 0.6 is 0 Å². The average molecular weight is 288 g/mol. The van der Waals surface area contributed by atoms with Crippen LogP contribution in [0.2, 0.25) is 0 Å². The summed E-state index contributed by atoms with van der Waals surface area (Å²) in [5.41, 5.74) is 2.15. The lowest BCUT2D eigenvalue weighted by Crippen LogP contribution is -2.49. The van der Waals surface area contributed by atoms with E-state index in [0.717, 1.165) is 12.0 Å². The summed E-state index contributed by atoms with van der Waals surface area (Å²) in [7, 11) is 0. The molecule has 0 unspecified atom stereocenters. The minimum atomic E-state index is -1.02. The van der Waals surface area contributed by atoms with Crippen molar-refractivity contribution in [3.63, 3.8) is 0 Å². The van der Waals surface area contributed by atoms with Gasteiger partial charge in [0.15, 0.2) is 0 Å². The molecule has 2 amide bonds. The van der Waals surface area contributed by atoms with Crippen LogP contribution in [0.4, 0.5) is 4.79 Å². The zero-order chi connectivity index (χ0) is 15.2. The van der Waals surface area contributed by atoms with Crippen LogP contribution in [0.5, 0.6) is 0 Å². The lowest BCUT2D eigenvalue weighted by atomic mass is 10.1. The molecule has 1 aromatic carbocycles. The molecule has 1 aliphatic heterocycles. The molecule has 21 heavy (non-hydrogen) atoms. The van der Waals surface area contributed by atoms with Gasteiger partial charge in [0, 0.05) is 19.5 Å². The fourth-order valence-corrected chi connectivity index (χ4v) is 2.25. The van der Waals surface area contributed by atoms with E-state index in [0.29, 0.717) is 13.1 Å². The number of amides is 2. The molecule has 1 aromatic rings. The summed E-state index contributed by atoms with van der Waals surface area (Å²) >= 11 is 0. The number of hydrogen-bond acceptors (Lipinski definition) is 2. The highest BCUT2D eigenvalue weighted by Crippen LogP contribution is 2.10. The molecular formula is C16H20N2O3. The van der Waals surface area contributed by atoms with Gasteiger partial charge in [-0.05, 0) is 18.9 Å². The fraction of sp³-hybridized carbons (Fsp3) is 0.375. The van der Waals surface area contributed by atoms with E-state index < -0.39 is 12.0 Å². The number of aliphatic carboxylic acids is 1. The predicted octanol–water partition coefficient (Wildman–Crippen LogP) is 2.04. The number of carbonyl (C=O) groups excluding carboxylic acids is 1. The lowest BCUT2D eigenvalue weighted by Gasteiger charge is -2.27. The summed E-state index contributed by atoms with van der Waals surface area (Å²) in [5.74, 6) is -1.02. The first kappa shape index (κ1) is 15.1. The Morgan fingerprint density at radius 2 is 2.05 bits per heavy atom. The summed E-state index contributed by atoms with van der Waals surface area (Å²) in [4.78, 5) is 25.1. The van der Waals surface area contributed by atoms with Gasteiger partial charge in [0.1, 0.15) is 6.04 Å². The number of urea groups is 1. The average Bonchev–Trinajstić information content (AvgIpc) is 2.48. The van der Waals surface area contributed by atoms with E-state index in [2.05, 4.69) is 5.32 Å². The van der Waals surface area contributed by atoms with Crippen molar-refractivity contribution in [3.05, 3.63) is 47.5 Å². The van der Waals surface area contributed by atoms with Crippen molar-refractivity contribution in [3.8, 4) is 0 Å². The molecule has 0 aromatic heterocycles. The van der Waals surface area contributed by atoms with Gasteiger partial charge in [-0.15, -0.1) is 0 Å². The maximum absolute atomic E-state index is 12.1. The Morgan fingerprint density at radius 3 is 2.62 bits per heavy atom. The largest absolute Gasteiger partial charge is 0.480 e. The smallest absolute Gasteiger partial charge is 0.326 e. The molecule has 0 bridgehead atoms. The van der Waals surface area contributed by atoms with Gasteiger partial charge in [0.25, 0.3) is 0 Å². The highest BCUT2D eigenvalue weighted by atomic mass is 16.4. The minimum absolute atomic E-state index is 0.282. The molecule has 0 saturated carbocycles. The molecule has 5 nitrogen and oxygen atoms in total. The molecule has 1 aliphatic rings. The van der Waals surface area contributed by atoms with E-state index in [-0.39, 0.29) is 12.5 Å². The number of nitrogens with zero attached hydrogens (tertiary/aromatic N) is 1. The molecule has 112 valence electrons.